The Morgan fingerprint density at radius 1 is 0.800 bits per heavy atom. The maximum absolute atomic E-state index is 12.6. The van der Waals surface area contributed by atoms with Gasteiger partial charge in [-0.3, -0.25) is 4.79 Å². The van der Waals surface area contributed by atoms with Gasteiger partial charge >= 0.3 is 0 Å². The molecule has 0 atom stereocenters. The first-order valence-electron chi connectivity index (χ1n) is 7.30. The molecule has 0 radical (unpaired) electrons. The van der Waals surface area contributed by atoms with E-state index in [4.69, 9.17) is 0 Å². The molecule has 0 aromatic heterocycles. The summed E-state index contributed by atoms with van der Waals surface area (Å²) in [4.78, 5) is 12.6. The molecule has 0 fully saturated rings. The van der Waals surface area contributed by atoms with Crippen LogP contribution in [0.3, 0.4) is 0 Å². The summed E-state index contributed by atoms with van der Waals surface area (Å²) in [6, 6.07) is 12.1. The van der Waals surface area contributed by atoms with Crippen LogP contribution in [0, 0.1) is 13.8 Å². The molecule has 0 bridgehead atoms. The van der Waals surface area contributed by atoms with Gasteiger partial charge in [0.1, 0.15) is 0 Å². The van der Waals surface area contributed by atoms with Gasteiger partial charge in [-0.25, -0.2) is 0 Å². The van der Waals surface area contributed by atoms with Gasteiger partial charge in [-0.05, 0) is 56.0 Å². The number of hydrogen-bond donors (Lipinski definition) is 0. The highest BCUT2D eigenvalue weighted by Gasteiger charge is 2.11. The molecule has 0 aliphatic heterocycles. The van der Waals surface area contributed by atoms with Gasteiger partial charge in [0.25, 0.3) is 0 Å². The smallest absolute Gasteiger partial charge is 0.193 e. The van der Waals surface area contributed by atoms with Crippen LogP contribution in [-0.4, -0.2) is 5.78 Å². The van der Waals surface area contributed by atoms with Crippen molar-refractivity contribution in [2.24, 2.45) is 0 Å². The number of aryl methyl sites for hydroxylation is 4. The largest absolute Gasteiger partial charge is 0.289 e. The molecule has 20 heavy (non-hydrogen) atoms. The van der Waals surface area contributed by atoms with Crippen molar-refractivity contribution in [3.63, 3.8) is 0 Å². The lowest BCUT2D eigenvalue weighted by molar-refractivity contribution is 0.103. The quantitative estimate of drug-likeness (QED) is 0.736. The summed E-state index contributed by atoms with van der Waals surface area (Å²) in [6.45, 7) is 8.35. The first-order valence-corrected chi connectivity index (χ1v) is 7.30. The van der Waals surface area contributed by atoms with Crippen LogP contribution < -0.4 is 0 Å². The van der Waals surface area contributed by atoms with Crippen LogP contribution >= 0.6 is 0 Å². The molecule has 2 aromatic rings. The second-order valence-electron chi connectivity index (χ2n) is 5.40. The normalized spacial score (nSPS) is 10.6. The average Bonchev–Trinajstić information content (AvgIpc) is 2.44. The molecule has 0 spiro atoms. The number of carbonyl (C=O) groups excluding carboxylic acids is 1. The average molecular weight is 266 g/mol. The molecule has 0 aliphatic carbocycles. The monoisotopic (exact) mass is 266 g/mol. The Balaban J connectivity index is 2.42. The third-order valence-electron chi connectivity index (χ3n) is 3.71. The van der Waals surface area contributed by atoms with Crippen molar-refractivity contribution >= 4 is 5.78 Å². The Kier molecular flexibility index (Phi) is 4.39. The minimum Gasteiger partial charge on any atom is -0.289 e. The van der Waals surface area contributed by atoms with Crippen LogP contribution in [0.1, 0.15) is 52.0 Å². The fraction of sp³-hybridized carbons (Fsp3) is 0.316. The maximum atomic E-state index is 12.6. The number of rotatable bonds is 4. The Labute approximate surface area is 121 Å². The molecular weight excluding hydrogens is 244 g/mol. The second kappa shape index (κ2) is 6.04. The van der Waals surface area contributed by atoms with E-state index in [1.54, 1.807) is 0 Å². The van der Waals surface area contributed by atoms with Gasteiger partial charge in [-0.1, -0.05) is 43.2 Å². The van der Waals surface area contributed by atoms with Gasteiger partial charge < -0.3 is 0 Å². The summed E-state index contributed by atoms with van der Waals surface area (Å²) < 4.78 is 0. The zero-order valence-electron chi connectivity index (χ0n) is 12.8. The van der Waals surface area contributed by atoms with Crippen molar-refractivity contribution in [2.75, 3.05) is 0 Å². The molecule has 1 nitrogen and oxygen atoms in total. The van der Waals surface area contributed by atoms with Gasteiger partial charge in [-0.2, -0.15) is 0 Å². The molecule has 104 valence electrons. The highest BCUT2D eigenvalue weighted by Crippen LogP contribution is 2.18. The van der Waals surface area contributed by atoms with E-state index in [2.05, 4.69) is 32.0 Å². The Morgan fingerprint density at radius 3 is 1.95 bits per heavy atom. The summed E-state index contributed by atoms with van der Waals surface area (Å²) in [5.41, 5.74) is 6.47. The molecule has 0 unspecified atom stereocenters. The summed E-state index contributed by atoms with van der Waals surface area (Å²) in [5, 5.41) is 0. The van der Waals surface area contributed by atoms with E-state index < -0.39 is 0 Å². The SMILES string of the molecule is CCc1ccc(C(=O)c2cc(C)cc(C)c2)cc1CC. The molecule has 0 amide bonds. The number of hydrogen-bond acceptors (Lipinski definition) is 1. The number of benzene rings is 2. The standard InChI is InChI=1S/C19H22O/c1-5-15-7-8-17(12-16(15)6-2)19(20)18-10-13(3)9-14(4)11-18/h7-12H,5-6H2,1-4H3. The van der Waals surface area contributed by atoms with E-state index in [-0.39, 0.29) is 5.78 Å². The van der Waals surface area contributed by atoms with Gasteiger partial charge in [-0.15, -0.1) is 0 Å². The lowest BCUT2D eigenvalue weighted by Gasteiger charge is -2.09. The molecule has 0 saturated heterocycles. The Morgan fingerprint density at radius 2 is 1.40 bits per heavy atom. The van der Waals surface area contributed by atoms with Crippen molar-refractivity contribution < 1.29 is 4.79 Å². The van der Waals surface area contributed by atoms with Gasteiger partial charge in [0.05, 0.1) is 0 Å². The minimum atomic E-state index is 0.120. The molecule has 0 saturated carbocycles. The fourth-order valence-corrected chi connectivity index (χ4v) is 2.71. The van der Waals surface area contributed by atoms with Crippen molar-refractivity contribution in [1.82, 2.24) is 0 Å². The van der Waals surface area contributed by atoms with Crippen molar-refractivity contribution in [3.05, 3.63) is 69.8 Å². The minimum absolute atomic E-state index is 0.120. The van der Waals surface area contributed by atoms with E-state index in [0.717, 1.165) is 35.1 Å². The van der Waals surface area contributed by atoms with E-state index in [1.165, 1.54) is 11.1 Å². The van der Waals surface area contributed by atoms with Gasteiger partial charge in [0.15, 0.2) is 5.78 Å². The summed E-state index contributed by atoms with van der Waals surface area (Å²) in [6.07, 6.45) is 1.98. The van der Waals surface area contributed by atoms with Gasteiger partial charge in [0, 0.05) is 11.1 Å². The lowest BCUT2D eigenvalue weighted by Crippen LogP contribution is -2.04. The van der Waals surface area contributed by atoms with Crippen LogP contribution in [-0.2, 0) is 12.8 Å². The predicted molar refractivity (Wildman–Crippen MR) is 84.5 cm³/mol. The van der Waals surface area contributed by atoms with Crippen LogP contribution in [0.2, 0.25) is 0 Å². The highest BCUT2D eigenvalue weighted by atomic mass is 16.1. The topological polar surface area (TPSA) is 17.1 Å². The molecule has 2 aromatic carbocycles. The van der Waals surface area contributed by atoms with Crippen molar-refractivity contribution in [2.45, 2.75) is 40.5 Å². The molecule has 1 heteroatoms. The Hall–Kier alpha value is -1.89. The summed E-state index contributed by atoms with van der Waals surface area (Å²) >= 11 is 0. The maximum Gasteiger partial charge on any atom is 0.193 e. The van der Waals surface area contributed by atoms with Crippen LogP contribution in [0.15, 0.2) is 36.4 Å². The van der Waals surface area contributed by atoms with E-state index in [0.29, 0.717) is 0 Å². The first-order chi connectivity index (χ1) is 9.55. The molecule has 2 rings (SSSR count). The number of carbonyl (C=O) groups is 1. The molecule has 0 heterocycles. The highest BCUT2D eigenvalue weighted by molar-refractivity contribution is 6.09. The Bertz CT molecular complexity index is 618. The number of ketones is 1. The van der Waals surface area contributed by atoms with Crippen LogP contribution in [0.25, 0.3) is 0 Å². The van der Waals surface area contributed by atoms with Gasteiger partial charge in [0.2, 0.25) is 0 Å². The van der Waals surface area contributed by atoms with E-state index >= 15 is 0 Å². The zero-order valence-corrected chi connectivity index (χ0v) is 12.8. The lowest BCUT2D eigenvalue weighted by atomic mass is 9.94. The van der Waals surface area contributed by atoms with Crippen LogP contribution in [0.4, 0.5) is 0 Å². The molecular formula is C19H22O. The summed E-state index contributed by atoms with van der Waals surface area (Å²) in [7, 11) is 0. The molecule has 0 aliphatic rings. The van der Waals surface area contributed by atoms with Crippen LogP contribution in [0.5, 0.6) is 0 Å². The third kappa shape index (κ3) is 2.98. The first kappa shape index (κ1) is 14.5. The second-order valence-corrected chi connectivity index (χ2v) is 5.40. The third-order valence-corrected chi connectivity index (χ3v) is 3.71. The van der Waals surface area contributed by atoms with Crippen molar-refractivity contribution in [3.8, 4) is 0 Å². The fourth-order valence-electron chi connectivity index (χ4n) is 2.71. The predicted octanol–water partition coefficient (Wildman–Crippen LogP) is 4.66. The molecule has 0 N–H and O–H groups in total. The van der Waals surface area contributed by atoms with E-state index in [1.807, 2.05) is 32.0 Å². The van der Waals surface area contributed by atoms with Crippen molar-refractivity contribution in [1.29, 1.82) is 0 Å². The summed E-state index contributed by atoms with van der Waals surface area (Å²) in [5.74, 6) is 0.120. The van der Waals surface area contributed by atoms with E-state index in [9.17, 15) is 4.79 Å². The zero-order chi connectivity index (χ0) is 14.7.